The molecule has 0 aliphatic carbocycles. The number of rotatable bonds is 5. The molecule has 0 radical (unpaired) electrons. The number of fused-ring (bicyclic) bond motifs is 1. The molecule has 2 aromatic heterocycles. The molecule has 3 aromatic rings. The summed E-state index contributed by atoms with van der Waals surface area (Å²) in [6.45, 7) is 1.38. The molecule has 0 unspecified atom stereocenters. The Kier molecular flexibility index (Phi) is 6.65. The summed E-state index contributed by atoms with van der Waals surface area (Å²) in [5.41, 5.74) is 1.14. The largest absolute Gasteiger partial charge is 0.433 e. The fourth-order valence-corrected chi connectivity index (χ4v) is 5.40. The van der Waals surface area contributed by atoms with Crippen molar-refractivity contribution in [2.75, 3.05) is 27.2 Å². The predicted molar refractivity (Wildman–Crippen MR) is 123 cm³/mol. The Labute approximate surface area is 198 Å². The van der Waals surface area contributed by atoms with Crippen LogP contribution in [0.1, 0.15) is 27.6 Å². The predicted octanol–water partition coefficient (Wildman–Crippen LogP) is 5.40. The number of carbonyl (C=O) groups excluding carboxylic acids is 1. The Hall–Kier alpha value is -2.62. The minimum absolute atomic E-state index is 0.0182. The normalized spacial score (nSPS) is 16.6. The average Bonchev–Trinajstić information content (AvgIpc) is 3.38. The smallest absolute Gasteiger partial charge is 0.333 e. The van der Waals surface area contributed by atoms with Crippen LogP contribution in [0.2, 0.25) is 4.34 Å². The molecular weight excluding hydrogens is 473 g/mol. The van der Waals surface area contributed by atoms with Gasteiger partial charge in [0.15, 0.2) is 0 Å². The molecule has 0 fully saturated rings. The van der Waals surface area contributed by atoms with Gasteiger partial charge in [-0.1, -0.05) is 41.9 Å². The second-order valence-electron chi connectivity index (χ2n) is 8.11. The number of halogens is 4. The first-order valence-electron chi connectivity index (χ1n) is 10.2. The van der Waals surface area contributed by atoms with E-state index in [0.29, 0.717) is 35.1 Å². The highest BCUT2D eigenvalue weighted by molar-refractivity contribution is 7.16. The van der Waals surface area contributed by atoms with Crippen molar-refractivity contribution in [3.05, 3.63) is 74.7 Å². The molecule has 1 N–H and O–H groups in total. The Bertz CT molecular complexity index is 1180. The summed E-state index contributed by atoms with van der Waals surface area (Å²) in [7, 11) is 3.82. The molecule has 1 amide bonds. The van der Waals surface area contributed by atoms with Crippen molar-refractivity contribution in [1.29, 1.82) is 0 Å². The van der Waals surface area contributed by atoms with Crippen LogP contribution in [0.3, 0.4) is 0 Å². The number of aromatic nitrogens is 2. The molecule has 4 rings (SSSR count). The molecule has 1 atom stereocenters. The van der Waals surface area contributed by atoms with Gasteiger partial charge >= 0.3 is 6.18 Å². The second kappa shape index (κ2) is 9.32. The third-order valence-corrected chi connectivity index (χ3v) is 6.78. The molecule has 174 valence electrons. The molecule has 1 aliphatic rings. The number of hydrogen-bond donors (Lipinski definition) is 1. The van der Waals surface area contributed by atoms with Crippen molar-refractivity contribution in [1.82, 2.24) is 20.0 Å². The summed E-state index contributed by atoms with van der Waals surface area (Å²) in [4.78, 5) is 17.5. The van der Waals surface area contributed by atoms with Crippen molar-refractivity contribution in [3.63, 3.8) is 0 Å². The van der Waals surface area contributed by atoms with Crippen LogP contribution >= 0.6 is 22.9 Å². The Morgan fingerprint density at radius 2 is 2.06 bits per heavy atom. The first kappa shape index (κ1) is 23.5. The molecule has 1 aliphatic heterocycles. The minimum Gasteiger partial charge on any atom is -0.333 e. The molecule has 1 aromatic carbocycles. The van der Waals surface area contributed by atoms with Gasteiger partial charge in [0.2, 0.25) is 5.91 Å². The van der Waals surface area contributed by atoms with Crippen LogP contribution in [0.5, 0.6) is 0 Å². The van der Waals surface area contributed by atoms with E-state index in [0.717, 1.165) is 10.4 Å². The van der Waals surface area contributed by atoms with E-state index in [4.69, 9.17) is 11.6 Å². The number of likely N-dealkylation sites (N-methyl/N-ethyl adjacent to an activating group) is 1. The lowest BCUT2D eigenvalue weighted by Crippen LogP contribution is -2.37. The topological polar surface area (TPSA) is 52.2 Å². The van der Waals surface area contributed by atoms with E-state index in [2.05, 4.69) is 10.2 Å². The molecule has 0 saturated carbocycles. The Morgan fingerprint density at radius 1 is 1.30 bits per heavy atom. The first-order chi connectivity index (χ1) is 15.6. The highest BCUT2D eigenvalue weighted by Crippen LogP contribution is 2.44. The van der Waals surface area contributed by atoms with Crippen LogP contribution in [-0.4, -0.2) is 53.1 Å². The number of nitrogens with one attached hydrogen (secondary N) is 1. The number of H-pyrrole nitrogens is 1. The molecule has 0 bridgehead atoms. The minimum atomic E-state index is -4.57. The zero-order valence-corrected chi connectivity index (χ0v) is 19.6. The van der Waals surface area contributed by atoms with Crippen LogP contribution in [0.15, 0.2) is 48.7 Å². The molecule has 0 spiro atoms. The quantitative estimate of drug-likeness (QED) is 0.483. The maximum atomic E-state index is 13.6. The SMILES string of the molecule is CN(C)C/C=C/C(=O)N1Cc2sc(Cl)cc2[C@H](c2ccccc2-c2cn[nH]c2C(F)(F)F)C1. The summed E-state index contributed by atoms with van der Waals surface area (Å²) in [6, 6.07) is 8.80. The monoisotopic (exact) mass is 494 g/mol. The number of hydrogen-bond acceptors (Lipinski definition) is 4. The lowest BCUT2D eigenvalue weighted by Gasteiger charge is -2.33. The number of carbonyl (C=O) groups is 1. The summed E-state index contributed by atoms with van der Waals surface area (Å²) in [5, 5.41) is 5.73. The lowest BCUT2D eigenvalue weighted by molar-refractivity contribution is -0.140. The van der Waals surface area contributed by atoms with Gasteiger partial charge in [0.1, 0.15) is 5.69 Å². The van der Waals surface area contributed by atoms with E-state index in [1.807, 2.05) is 25.1 Å². The number of amides is 1. The first-order valence-corrected chi connectivity index (χ1v) is 11.4. The van der Waals surface area contributed by atoms with Gasteiger partial charge in [-0.3, -0.25) is 9.89 Å². The van der Waals surface area contributed by atoms with Gasteiger partial charge in [-0.05, 0) is 36.9 Å². The Morgan fingerprint density at radius 3 is 2.79 bits per heavy atom. The summed E-state index contributed by atoms with van der Waals surface area (Å²) < 4.78 is 41.3. The van der Waals surface area contributed by atoms with E-state index in [9.17, 15) is 18.0 Å². The third-order valence-electron chi connectivity index (χ3n) is 5.52. The second-order valence-corrected chi connectivity index (χ2v) is 9.88. The van der Waals surface area contributed by atoms with Gasteiger partial charge in [0.05, 0.1) is 17.1 Å². The van der Waals surface area contributed by atoms with Gasteiger partial charge in [0, 0.05) is 35.5 Å². The van der Waals surface area contributed by atoms with Gasteiger partial charge in [-0.2, -0.15) is 18.3 Å². The highest BCUT2D eigenvalue weighted by Gasteiger charge is 2.38. The van der Waals surface area contributed by atoms with Gasteiger partial charge in [-0.15, -0.1) is 11.3 Å². The van der Waals surface area contributed by atoms with Gasteiger partial charge in [0.25, 0.3) is 0 Å². The molecule has 3 heterocycles. The molecule has 5 nitrogen and oxygen atoms in total. The van der Waals surface area contributed by atoms with E-state index in [1.165, 1.54) is 17.5 Å². The van der Waals surface area contributed by atoms with Crippen LogP contribution in [-0.2, 0) is 17.5 Å². The average molecular weight is 495 g/mol. The molecule has 0 saturated heterocycles. The van der Waals surface area contributed by atoms with Crippen LogP contribution in [0.25, 0.3) is 11.1 Å². The fraction of sp³-hybridized carbons (Fsp3) is 0.304. The number of aromatic amines is 1. The van der Waals surface area contributed by atoms with Gasteiger partial charge in [-0.25, -0.2) is 0 Å². The van der Waals surface area contributed by atoms with Crippen LogP contribution in [0.4, 0.5) is 13.2 Å². The number of thiophene rings is 1. The fourth-order valence-electron chi connectivity index (χ4n) is 4.04. The summed E-state index contributed by atoms with van der Waals surface area (Å²) in [5.74, 6) is -0.468. The number of nitrogens with zero attached hydrogens (tertiary/aromatic N) is 3. The van der Waals surface area contributed by atoms with Crippen LogP contribution in [0, 0.1) is 0 Å². The highest BCUT2D eigenvalue weighted by atomic mass is 35.5. The maximum absolute atomic E-state index is 13.6. The number of alkyl halides is 3. The zero-order chi connectivity index (χ0) is 23.8. The van der Waals surface area contributed by atoms with Crippen LogP contribution < -0.4 is 0 Å². The zero-order valence-electron chi connectivity index (χ0n) is 18.0. The van der Waals surface area contributed by atoms with E-state index in [1.54, 1.807) is 41.3 Å². The van der Waals surface area contributed by atoms with Crippen molar-refractivity contribution >= 4 is 28.8 Å². The van der Waals surface area contributed by atoms with E-state index in [-0.39, 0.29) is 17.4 Å². The maximum Gasteiger partial charge on any atom is 0.433 e. The van der Waals surface area contributed by atoms with E-state index >= 15 is 0 Å². The third kappa shape index (κ3) is 5.00. The standard InChI is InChI=1S/C23H22ClF3N4OS/c1-30(2)9-5-8-21(32)31-12-18(16-10-20(24)33-19(16)13-31)15-7-4-3-6-14(15)17-11-28-29-22(17)23(25,26)27/h3-8,10-11,18H,9,12-13H2,1-2H3,(H,28,29)/b8-5+/t18-/m0/s1. The van der Waals surface area contributed by atoms with Crippen molar-refractivity contribution in [3.8, 4) is 11.1 Å². The van der Waals surface area contributed by atoms with Crippen molar-refractivity contribution in [2.24, 2.45) is 0 Å². The molecule has 33 heavy (non-hydrogen) atoms. The van der Waals surface area contributed by atoms with Crippen molar-refractivity contribution in [2.45, 2.75) is 18.6 Å². The van der Waals surface area contributed by atoms with E-state index < -0.39 is 11.9 Å². The summed E-state index contributed by atoms with van der Waals surface area (Å²) in [6.07, 6.45) is -0.0369. The lowest BCUT2D eigenvalue weighted by atomic mass is 9.84. The van der Waals surface area contributed by atoms with Crippen molar-refractivity contribution < 1.29 is 18.0 Å². The van der Waals surface area contributed by atoms with Gasteiger partial charge < -0.3 is 9.80 Å². The molecule has 10 heteroatoms. The molecular formula is C23H22ClF3N4OS. The Balaban J connectivity index is 1.75. The number of benzene rings is 1. The summed E-state index contributed by atoms with van der Waals surface area (Å²) >= 11 is 7.70.